The summed E-state index contributed by atoms with van der Waals surface area (Å²) in [4.78, 5) is 12.6. The fourth-order valence-electron chi connectivity index (χ4n) is 2.23. The highest BCUT2D eigenvalue weighted by molar-refractivity contribution is 6.01. The largest absolute Gasteiger partial charge is 0.507 e. The Bertz CT molecular complexity index is 623. The zero-order valence-corrected chi connectivity index (χ0v) is 12.1. The Morgan fingerprint density at radius 1 is 1.15 bits per heavy atom. The summed E-state index contributed by atoms with van der Waals surface area (Å²) in [6.07, 6.45) is 0.859. The molecule has 1 amide bonds. The Morgan fingerprint density at radius 2 is 1.75 bits per heavy atom. The highest BCUT2D eigenvalue weighted by Crippen LogP contribution is 2.26. The maximum Gasteiger partial charge on any atom is 0.271 e. The number of amides is 1. The number of rotatable bonds is 4. The van der Waals surface area contributed by atoms with Crippen LogP contribution in [0.1, 0.15) is 23.7 Å². The van der Waals surface area contributed by atoms with Crippen LogP contribution in [-0.2, 0) is 0 Å². The lowest BCUT2D eigenvalue weighted by molar-refractivity contribution is 0.0199. The summed E-state index contributed by atoms with van der Waals surface area (Å²) in [5.74, 6) is -0.156. The Kier molecular flexibility index (Phi) is 4.25. The number of hydrazine groups is 1. The van der Waals surface area contributed by atoms with Crippen LogP contribution in [0.2, 0.25) is 0 Å². The van der Waals surface area contributed by atoms with Crippen LogP contribution < -0.4 is 0 Å². The van der Waals surface area contributed by atoms with Crippen LogP contribution in [0.4, 0.5) is 0 Å². The van der Waals surface area contributed by atoms with Gasteiger partial charge in [-0.25, -0.2) is 5.01 Å². The monoisotopic (exact) mass is 272 g/mol. The molecule has 0 aliphatic heterocycles. The maximum atomic E-state index is 12.6. The van der Waals surface area contributed by atoms with E-state index in [1.165, 1.54) is 0 Å². The quantitative estimate of drug-likeness (QED) is 0.870. The molecule has 106 valence electrons. The molecule has 20 heavy (non-hydrogen) atoms. The molecule has 1 N–H and O–H groups in total. The number of phenolic OH excluding ortho intramolecular Hbond substituents is 1. The van der Waals surface area contributed by atoms with Gasteiger partial charge in [-0.15, -0.1) is 0 Å². The van der Waals surface area contributed by atoms with Crippen molar-refractivity contribution >= 4 is 16.7 Å². The number of fused-ring (bicyclic) bond motifs is 1. The normalized spacial score (nSPS) is 11.0. The molecule has 0 saturated carbocycles. The SMILES string of the molecule is CCCN(C(=O)c1cc2ccccc2cc1O)N(C)C. The van der Waals surface area contributed by atoms with E-state index < -0.39 is 0 Å². The summed E-state index contributed by atoms with van der Waals surface area (Å²) < 4.78 is 0. The zero-order chi connectivity index (χ0) is 14.7. The van der Waals surface area contributed by atoms with Gasteiger partial charge in [0.1, 0.15) is 5.75 Å². The number of benzene rings is 2. The number of hydrogen-bond donors (Lipinski definition) is 1. The minimum atomic E-state index is -0.180. The number of carbonyl (C=O) groups is 1. The first-order chi connectivity index (χ1) is 9.54. The van der Waals surface area contributed by atoms with Crippen LogP contribution in [-0.4, -0.2) is 41.7 Å². The van der Waals surface area contributed by atoms with Crippen molar-refractivity contribution in [3.8, 4) is 5.75 Å². The van der Waals surface area contributed by atoms with Crippen molar-refractivity contribution in [2.75, 3.05) is 20.6 Å². The van der Waals surface area contributed by atoms with Gasteiger partial charge in [-0.3, -0.25) is 9.80 Å². The second-order valence-electron chi connectivity index (χ2n) is 4.99. The third kappa shape index (κ3) is 2.75. The van der Waals surface area contributed by atoms with E-state index in [-0.39, 0.29) is 11.7 Å². The van der Waals surface area contributed by atoms with E-state index >= 15 is 0 Å². The summed E-state index contributed by atoms with van der Waals surface area (Å²) >= 11 is 0. The van der Waals surface area contributed by atoms with E-state index in [1.807, 2.05) is 45.3 Å². The molecule has 0 aliphatic rings. The van der Waals surface area contributed by atoms with Crippen molar-refractivity contribution < 1.29 is 9.90 Å². The van der Waals surface area contributed by atoms with Crippen LogP contribution in [0, 0.1) is 0 Å². The summed E-state index contributed by atoms with van der Waals surface area (Å²) in [5, 5.41) is 15.4. The summed E-state index contributed by atoms with van der Waals surface area (Å²) in [7, 11) is 3.65. The molecule has 0 atom stereocenters. The van der Waals surface area contributed by atoms with Crippen LogP contribution in [0.3, 0.4) is 0 Å². The fraction of sp³-hybridized carbons (Fsp3) is 0.312. The van der Waals surface area contributed by atoms with Crippen molar-refractivity contribution in [2.45, 2.75) is 13.3 Å². The van der Waals surface area contributed by atoms with E-state index in [4.69, 9.17) is 0 Å². The number of aromatic hydroxyl groups is 1. The van der Waals surface area contributed by atoms with Gasteiger partial charge in [0.2, 0.25) is 0 Å². The second-order valence-corrected chi connectivity index (χ2v) is 4.99. The van der Waals surface area contributed by atoms with E-state index in [2.05, 4.69) is 0 Å². The minimum absolute atomic E-state index is 0.0247. The van der Waals surface area contributed by atoms with E-state index in [0.29, 0.717) is 12.1 Å². The van der Waals surface area contributed by atoms with Gasteiger partial charge >= 0.3 is 0 Å². The van der Waals surface area contributed by atoms with Gasteiger partial charge < -0.3 is 5.11 Å². The predicted octanol–water partition coefficient (Wildman–Crippen LogP) is 2.87. The Balaban J connectivity index is 2.45. The average molecular weight is 272 g/mol. The third-order valence-corrected chi connectivity index (χ3v) is 3.25. The Hall–Kier alpha value is -2.07. The van der Waals surface area contributed by atoms with Gasteiger partial charge in [0.25, 0.3) is 5.91 Å². The summed E-state index contributed by atoms with van der Waals surface area (Å²) in [5.41, 5.74) is 0.339. The molecule has 0 spiro atoms. The number of phenols is 1. The molecule has 0 unspecified atom stereocenters. The molecule has 0 saturated heterocycles. The lowest BCUT2D eigenvalue weighted by Gasteiger charge is -2.28. The third-order valence-electron chi connectivity index (χ3n) is 3.25. The molecular weight excluding hydrogens is 252 g/mol. The van der Waals surface area contributed by atoms with E-state index in [9.17, 15) is 9.90 Å². The lowest BCUT2D eigenvalue weighted by Crippen LogP contribution is -2.42. The van der Waals surface area contributed by atoms with Gasteiger partial charge in [-0.2, -0.15) is 0 Å². The van der Waals surface area contributed by atoms with Crippen molar-refractivity contribution in [3.63, 3.8) is 0 Å². The molecule has 2 rings (SSSR count). The van der Waals surface area contributed by atoms with Gasteiger partial charge in [0, 0.05) is 20.6 Å². The Morgan fingerprint density at radius 3 is 2.30 bits per heavy atom. The molecule has 0 radical (unpaired) electrons. The molecule has 2 aromatic rings. The van der Waals surface area contributed by atoms with Crippen molar-refractivity contribution in [2.24, 2.45) is 0 Å². The van der Waals surface area contributed by atoms with Crippen molar-refractivity contribution in [1.82, 2.24) is 10.0 Å². The van der Waals surface area contributed by atoms with E-state index in [0.717, 1.165) is 17.2 Å². The molecule has 4 heteroatoms. The van der Waals surface area contributed by atoms with Crippen molar-refractivity contribution in [1.29, 1.82) is 0 Å². The molecule has 0 aromatic heterocycles. The zero-order valence-electron chi connectivity index (χ0n) is 12.1. The lowest BCUT2D eigenvalue weighted by atomic mass is 10.1. The Labute approximate surface area is 119 Å². The smallest absolute Gasteiger partial charge is 0.271 e. The molecule has 0 bridgehead atoms. The number of nitrogens with zero attached hydrogens (tertiary/aromatic N) is 2. The summed E-state index contributed by atoms with van der Waals surface area (Å²) in [6.45, 7) is 2.64. The standard InChI is InChI=1S/C16H20N2O2/c1-4-9-18(17(2)3)16(20)14-10-12-7-5-6-8-13(12)11-15(14)19/h5-8,10-11,19H,4,9H2,1-3H3. The number of carbonyl (C=O) groups excluding carboxylic acids is 1. The van der Waals surface area contributed by atoms with Crippen molar-refractivity contribution in [3.05, 3.63) is 42.0 Å². The predicted molar refractivity (Wildman–Crippen MR) is 80.6 cm³/mol. The average Bonchev–Trinajstić information content (AvgIpc) is 2.43. The van der Waals surface area contributed by atoms with Gasteiger partial charge in [-0.05, 0) is 29.3 Å². The van der Waals surface area contributed by atoms with Crippen LogP contribution in [0.15, 0.2) is 36.4 Å². The topological polar surface area (TPSA) is 43.8 Å². The summed E-state index contributed by atoms with van der Waals surface area (Å²) in [6, 6.07) is 11.1. The fourth-order valence-corrected chi connectivity index (χ4v) is 2.23. The van der Waals surface area contributed by atoms with Gasteiger partial charge in [-0.1, -0.05) is 31.2 Å². The highest BCUT2D eigenvalue weighted by atomic mass is 16.3. The molecular formula is C16H20N2O2. The minimum Gasteiger partial charge on any atom is -0.507 e. The molecule has 0 heterocycles. The first kappa shape index (κ1) is 14.3. The van der Waals surface area contributed by atoms with Crippen LogP contribution in [0.25, 0.3) is 10.8 Å². The molecule has 0 aliphatic carbocycles. The van der Waals surface area contributed by atoms with E-state index in [1.54, 1.807) is 22.2 Å². The highest BCUT2D eigenvalue weighted by Gasteiger charge is 2.20. The van der Waals surface area contributed by atoms with Gasteiger partial charge in [0.05, 0.1) is 5.56 Å². The first-order valence-corrected chi connectivity index (χ1v) is 6.75. The number of hydrogen-bond acceptors (Lipinski definition) is 3. The molecule has 2 aromatic carbocycles. The second kappa shape index (κ2) is 5.92. The van der Waals surface area contributed by atoms with Crippen LogP contribution >= 0.6 is 0 Å². The van der Waals surface area contributed by atoms with Gasteiger partial charge in [0.15, 0.2) is 0 Å². The molecule has 0 fully saturated rings. The maximum absolute atomic E-state index is 12.6. The first-order valence-electron chi connectivity index (χ1n) is 6.75. The van der Waals surface area contributed by atoms with Crippen LogP contribution in [0.5, 0.6) is 5.75 Å². The molecule has 4 nitrogen and oxygen atoms in total.